The molecule has 0 aromatic heterocycles. The standard InChI is InChI=1S/C26H27Cl2F3N2O4.C24H23Cl2F3N2O3/c1-15(36-3)8-25(34)32-23-7-5-16-9-17(4-6-21(16)23)24(33-37-14-35-2)13-22(26(29,30)31)18-10-19(27)12-20(28)11-18;1-13(34-2)7-23(32)30-21-6-4-14-8-15(3-5-19(14)21)22(31-33)12-20(24(27,28)29)16-9-17(25)11-18(26)10-16/h4,6,9-13,15,23H,5,7-8,14H2,1-3H3,(H,32,34);3,5,8-13,21,33H,4,6-7H2,1-2H3,(H,30,32)/b22-13-,33-24-;20-12-,31-22-. The quantitative estimate of drug-likeness (QED) is 0.0239. The Labute approximate surface area is 426 Å². The van der Waals surface area contributed by atoms with Gasteiger partial charge in [0.2, 0.25) is 18.6 Å². The van der Waals surface area contributed by atoms with Crippen LogP contribution in [0.2, 0.25) is 20.1 Å². The molecule has 2 aliphatic carbocycles. The van der Waals surface area contributed by atoms with E-state index in [4.69, 9.17) is 65.5 Å². The molecule has 0 saturated heterocycles. The number of hydrogen-bond acceptors (Lipinski definition) is 9. The molecular weight excluding hydrogens is 1020 g/mol. The number of fused-ring (bicyclic) bond motifs is 2. The van der Waals surface area contributed by atoms with Crippen molar-refractivity contribution in [2.45, 2.75) is 89.0 Å². The third kappa shape index (κ3) is 16.2. The Kier molecular flexibility index (Phi) is 20.4. The summed E-state index contributed by atoms with van der Waals surface area (Å²) in [5, 5.41) is 22.7. The zero-order chi connectivity index (χ0) is 52.2. The second-order valence-corrected chi connectivity index (χ2v) is 18.3. The summed E-state index contributed by atoms with van der Waals surface area (Å²) in [5.74, 6) is -0.281. The third-order valence-corrected chi connectivity index (χ3v) is 12.3. The molecule has 0 bridgehead atoms. The van der Waals surface area contributed by atoms with Crippen molar-refractivity contribution in [2.24, 2.45) is 10.3 Å². The predicted octanol–water partition coefficient (Wildman–Crippen LogP) is 12.8. The highest BCUT2D eigenvalue weighted by molar-refractivity contribution is 6.35. The van der Waals surface area contributed by atoms with Crippen LogP contribution in [0.3, 0.4) is 0 Å². The molecule has 2 amide bonds. The van der Waals surface area contributed by atoms with Gasteiger partial charge in [0.25, 0.3) is 0 Å². The number of hydrogen-bond donors (Lipinski definition) is 3. The minimum atomic E-state index is -4.75. The normalized spacial score (nSPS) is 17.2. The number of allylic oxidation sites excluding steroid dienone is 4. The third-order valence-electron chi connectivity index (χ3n) is 11.4. The highest BCUT2D eigenvalue weighted by Crippen LogP contribution is 2.40. The van der Waals surface area contributed by atoms with Crippen LogP contribution in [-0.4, -0.2) is 81.1 Å². The van der Waals surface area contributed by atoms with Gasteiger partial charge in [-0.15, -0.1) is 0 Å². The number of oxime groups is 2. The molecule has 21 heteroatoms. The Morgan fingerprint density at radius 2 is 1.04 bits per heavy atom. The van der Waals surface area contributed by atoms with Gasteiger partial charge in [0, 0.05) is 52.5 Å². The highest BCUT2D eigenvalue weighted by Gasteiger charge is 2.37. The zero-order valence-corrected chi connectivity index (χ0v) is 41.9. The Morgan fingerprint density at radius 3 is 1.41 bits per heavy atom. The molecule has 0 heterocycles. The van der Waals surface area contributed by atoms with Crippen LogP contribution < -0.4 is 10.6 Å². The molecule has 0 spiro atoms. The SMILES string of the molecule is COC(C)CC(=O)NC1CCc2cc(C(/C=C(/c3cc(Cl)cc(Cl)c3)C(F)(F)F)=N\O)ccc21.COCO/N=C(/C=C(/c1cc(Cl)cc(Cl)c1)C(F)(F)F)c1ccc2c(c1)CCC2NC(=O)CC(C)OC. The molecule has 0 radical (unpaired) electrons. The van der Waals surface area contributed by atoms with E-state index in [-0.39, 0.29) is 98.4 Å². The van der Waals surface area contributed by atoms with Crippen molar-refractivity contribution in [3.8, 4) is 0 Å². The molecule has 71 heavy (non-hydrogen) atoms. The predicted molar refractivity (Wildman–Crippen MR) is 262 cm³/mol. The maximum Gasteiger partial charge on any atom is 0.417 e. The molecule has 0 saturated carbocycles. The molecule has 3 N–H and O–H groups in total. The summed E-state index contributed by atoms with van der Waals surface area (Å²) in [4.78, 5) is 29.6. The lowest BCUT2D eigenvalue weighted by molar-refractivity contribution is -0.124. The molecule has 4 aromatic rings. The van der Waals surface area contributed by atoms with Gasteiger partial charge in [0.15, 0.2) is 0 Å². The van der Waals surface area contributed by atoms with Crippen molar-refractivity contribution in [3.05, 3.63) is 150 Å². The van der Waals surface area contributed by atoms with Crippen LogP contribution in [0.1, 0.15) is 96.1 Å². The summed E-state index contributed by atoms with van der Waals surface area (Å²) in [6.07, 6.45) is -5.24. The van der Waals surface area contributed by atoms with Crippen molar-refractivity contribution in [2.75, 3.05) is 28.1 Å². The van der Waals surface area contributed by atoms with Crippen LogP contribution in [0.4, 0.5) is 26.3 Å². The maximum absolute atomic E-state index is 14.1. The van der Waals surface area contributed by atoms with Gasteiger partial charge < -0.3 is 34.9 Å². The fourth-order valence-corrected chi connectivity index (χ4v) is 8.93. The van der Waals surface area contributed by atoms with Crippen molar-refractivity contribution in [3.63, 3.8) is 0 Å². The molecule has 2 aliphatic rings. The summed E-state index contributed by atoms with van der Waals surface area (Å²) in [6.45, 7) is 3.35. The Hall–Kier alpha value is -5.14. The number of methoxy groups -OCH3 is 3. The minimum Gasteiger partial charge on any atom is -0.410 e. The van der Waals surface area contributed by atoms with E-state index in [1.807, 2.05) is 0 Å². The number of nitrogens with zero attached hydrogens (tertiary/aromatic N) is 2. The summed E-state index contributed by atoms with van der Waals surface area (Å²) < 4.78 is 99.0. The van der Waals surface area contributed by atoms with Gasteiger partial charge >= 0.3 is 12.4 Å². The van der Waals surface area contributed by atoms with E-state index < -0.39 is 23.5 Å². The molecule has 4 aromatic carbocycles. The van der Waals surface area contributed by atoms with Crippen molar-refractivity contribution in [1.29, 1.82) is 0 Å². The van der Waals surface area contributed by atoms with Gasteiger partial charge in [-0.3, -0.25) is 9.59 Å². The highest BCUT2D eigenvalue weighted by atomic mass is 35.5. The van der Waals surface area contributed by atoms with E-state index in [0.29, 0.717) is 36.8 Å². The largest absolute Gasteiger partial charge is 0.417 e. The fourth-order valence-electron chi connectivity index (χ4n) is 7.88. The number of alkyl halides is 6. The van der Waals surface area contributed by atoms with Crippen LogP contribution in [0.5, 0.6) is 0 Å². The van der Waals surface area contributed by atoms with Gasteiger partial charge in [-0.1, -0.05) is 81.0 Å². The smallest absolute Gasteiger partial charge is 0.410 e. The molecule has 4 unspecified atom stereocenters. The number of aryl methyl sites for hydroxylation is 2. The Morgan fingerprint density at radius 1 is 0.648 bits per heavy atom. The van der Waals surface area contributed by atoms with E-state index in [1.165, 1.54) is 38.5 Å². The molecule has 0 aliphatic heterocycles. The average molecular weight is 1070 g/mol. The number of carbonyl (C=O) groups is 2. The van der Waals surface area contributed by atoms with E-state index in [0.717, 1.165) is 46.5 Å². The van der Waals surface area contributed by atoms with Crippen LogP contribution in [0, 0.1) is 0 Å². The number of nitrogens with one attached hydrogen (secondary N) is 2. The first kappa shape index (κ1) is 56.8. The molecule has 4 atom stereocenters. The molecular formula is C50H50Cl4F6N4O7. The minimum absolute atomic E-state index is 0.0469. The summed E-state index contributed by atoms with van der Waals surface area (Å²) in [7, 11) is 4.45. The van der Waals surface area contributed by atoms with Gasteiger partial charge in [0.05, 0.1) is 48.3 Å². The molecule has 6 rings (SSSR count). The lowest BCUT2D eigenvalue weighted by Crippen LogP contribution is -2.30. The topological polar surface area (TPSA) is 140 Å². The molecule has 0 fully saturated rings. The van der Waals surface area contributed by atoms with E-state index >= 15 is 0 Å². The Balaban J connectivity index is 0.000000265. The van der Waals surface area contributed by atoms with Gasteiger partial charge in [-0.2, -0.15) is 26.3 Å². The lowest BCUT2D eigenvalue weighted by atomic mass is 9.98. The second kappa shape index (κ2) is 25.5. The summed E-state index contributed by atoms with van der Waals surface area (Å²) in [5.41, 5.74) is 1.41. The van der Waals surface area contributed by atoms with Gasteiger partial charge in [-0.05, 0) is 134 Å². The van der Waals surface area contributed by atoms with Crippen molar-refractivity contribution >= 4 is 80.8 Å². The van der Waals surface area contributed by atoms with Crippen LogP contribution in [0.15, 0.2) is 95.3 Å². The van der Waals surface area contributed by atoms with Gasteiger partial charge in [-0.25, -0.2) is 0 Å². The molecule has 11 nitrogen and oxygen atoms in total. The monoisotopic (exact) mass is 1070 g/mol. The average Bonchev–Trinajstić information content (AvgIpc) is 3.88. The second-order valence-electron chi connectivity index (χ2n) is 16.6. The van der Waals surface area contributed by atoms with Gasteiger partial charge in [0.1, 0.15) is 11.4 Å². The van der Waals surface area contributed by atoms with E-state index in [9.17, 15) is 41.1 Å². The number of rotatable bonds is 17. The lowest BCUT2D eigenvalue weighted by Gasteiger charge is -2.17. The van der Waals surface area contributed by atoms with E-state index in [1.54, 1.807) is 57.4 Å². The van der Waals surface area contributed by atoms with Crippen molar-refractivity contribution in [1.82, 2.24) is 10.6 Å². The fraction of sp³-hybridized carbons (Fsp3) is 0.360. The summed E-state index contributed by atoms with van der Waals surface area (Å²) >= 11 is 23.7. The number of amides is 2. The number of ether oxygens (including phenoxy) is 3. The zero-order valence-electron chi connectivity index (χ0n) is 38.9. The first-order valence-electron chi connectivity index (χ1n) is 21.9. The first-order chi connectivity index (χ1) is 33.5. The number of halogens is 10. The number of benzene rings is 4. The maximum atomic E-state index is 14.1. The van der Waals surface area contributed by atoms with E-state index in [2.05, 4.69) is 20.9 Å². The van der Waals surface area contributed by atoms with Crippen LogP contribution >= 0.6 is 46.4 Å². The van der Waals surface area contributed by atoms with Crippen LogP contribution in [-0.2, 0) is 41.5 Å². The number of carbonyl (C=O) groups excluding carboxylic acids is 2. The Bertz CT molecular complexity index is 2640. The molecule has 382 valence electrons. The summed E-state index contributed by atoms with van der Waals surface area (Å²) in [6, 6.07) is 17.1. The van der Waals surface area contributed by atoms with Crippen molar-refractivity contribution < 1.29 is 60.2 Å². The first-order valence-corrected chi connectivity index (χ1v) is 23.4. The van der Waals surface area contributed by atoms with Crippen LogP contribution in [0.25, 0.3) is 11.1 Å².